The molecule has 58 heavy (non-hydrogen) atoms. The van der Waals surface area contributed by atoms with Crippen molar-refractivity contribution in [2.45, 2.75) is 0 Å². The number of halogens is 17. The highest BCUT2D eigenvalue weighted by Gasteiger charge is 2.45. The minimum atomic E-state index is -4.77. The average Bonchev–Trinajstić information content (AvgIpc) is 3.92. The van der Waals surface area contributed by atoms with Crippen LogP contribution in [0.25, 0.3) is 21.5 Å². The Labute approximate surface area is 313 Å². The fourth-order valence-electron chi connectivity index (χ4n) is 7.00. The molecule has 0 fully saturated rings. The molecule has 0 amide bonds. The van der Waals surface area contributed by atoms with Crippen molar-refractivity contribution in [1.82, 2.24) is 7.10 Å². The van der Waals surface area contributed by atoms with E-state index < -0.39 is 196 Å². The maximum absolute atomic E-state index is 16.0. The Morgan fingerprint density at radius 2 is 0.552 bits per heavy atom. The van der Waals surface area contributed by atoms with Gasteiger partial charge in [0.15, 0.2) is 116 Å². The summed E-state index contributed by atoms with van der Waals surface area (Å²) in [6.07, 6.45) is 0. The molecule has 0 N–H and O–H groups in total. The van der Waals surface area contributed by atoms with Gasteiger partial charge in [-0.05, 0) is 0 Å². The lowest BCUT2D eigenvalue weighted by atomic mass is 10.1. The summed E-state index contributed by atoms with van der Waals surface area (Å²) in [4.78, 5) is 22.5. The zero-order valence-corrected chi connectivity index (χ0v) is 28.5. The molecule has 2 aromatic heterocycles. The van der Waals surface area contributed by atoms with Crippen LogP contribution in [-0.2, 0) is 0 Å². The Morgan fingerprint density at radius 3 is 0.862 bits per heavy atom. The molecule has 6 aromatic rings. The van der Waals surface area contributed by atoms with Crippen molar-refractivity contribution in [2.75, 3.05) is 0 Å². The minimum absolute atomic E-state index is 0.246. The summed E-state index contributed by atoms with van der Waals surface area (Å²) in [5, 5.41) is -6.23. The Bertz CT molecular complexity index is 3180. The van der Waals surface area contributed by atoms with Gasteiger partial charge in [-0.3, -0.25) is 0 Å². The molecule has 10 rings (SSSR count). The molecule has 0 radical (unpaired) electrons. The molecule has 0 aliphatic carbocycles. The number of hydrogen-bond acceptors (Lipinski definition) is 6. The first-order valence-electron chi connectivity index (χ1n) is 15.3. The summed E-state index contributed by atoms with van der Waals surface area (Å²) in [5.41, 5.74) is -8.68. The van der Waals surface area contributed by atoms with E-state index in [1.54, 1.807) is 0 Å². The number of rotatable bonds is 0. The maximum atomic E-state index is 16.0. The van der Waals surface area contributed by atoms with Gasteiger partial charge in [-0.1, -0.05) is 0 Å². The monoisotopic (exact) mass is 862 g/mol. The van der Waals surface area contributed by atoms with E-state index in [1.165, 1.54) is 0 Å². The topological polar surface area (TPSA) is 84.0 Å². The summed E-state index contributed by atoms with van der Waals surface area (Å²) in [5.74, 6) is -47.5. The molecule has 0 saturated heterocycles. The fourth-order valence-corrected chi connectivity index (χ4v) is 9.89. The third-order valence-corrected chi connectivity index (χ3v) is 12.5. The number of aromatic nitrogens is 2. The summed E-state index contributed by atoms with van der Waals surface area (Å²) < 4.78 is 246. The molecule has 0 unspecified atom stereocenters. The quantitative estimate of drug-likeness (QED) is 0.0662. The highest BCUT2D eigenvalue weighted by Crippen LogP contribution is 2.46. The van der Waals surface area contributed by atoms with Crippen molar-refractivity contribution in [2.24, 2.45) is 30.0 Å². The second kappa shape index (κ2) is 11.5. The van der Waals surface area contributed by atoms with Gasteiger partial charge >= 0.3 is 13.7 Å². The highest BCUT2D eigenvalue weighted by atomic mass is 35.6. The fraction of sp³-hybridized carbons (Fsp3) is 0. The molecule has 8 nitrogen and oxygen atoms in total. The van der Waals surface area contributed by atoms with E-state index in [1.807, 2.05) is 0 Å². The second-order valence-electron chi connectivity index (χ2n) is 12.3. The van der Waals surface area contributed by atoms with Gasteiger partial charge in [0, 0.05) is 0 Å². The lowest BCUT2D eigenvalue weighted by Crippen LogP contribution is -2.43. The standard InChI is InChI=1S/C32F16N8.Al.ClH/c33-9-1-2(10(34)18(42)17(9)41)26-49-25(1)53-27-3-4(12(36)20(44)19(43)11(3)35)29(50-27)55-31-7-8(16(40)24(48)23(47)15(7)39)32(52-31)56-30-6-5(28(51-30)54-26)13(37)21(45)22(46)14(6)38;;/h;;1H/q-2;+3;/p-1. The molecular weight excluding hydrogens is 863 g/mol. The molecule has 0 spiro atoms. The van der Waals surface area contributed by atoms with Gasteiger partial charge in [-0.15, -0.1) is 0 Å². The van der Waals surface area contributed by atoms with Crippen LogP contribution in [-0.4, -0.2) is 44.1 Å². The Kier molecular flexibility index (Phi) is 7.22. The van der Waals surface area contributed by atoms with Gasteiger partial charge in [-0.2, -0.15) is 10.0 Å². The van der Waals surface area contributed by atoms with Crippen molar-refractivity contribution in [3.8, 4) is 0 Å². The average molecular weight is 863 g/mol. The number of fused-ring (bicyclic) bond motifs is 14. The van der Waals surface area contributed by atoms with Gasteiger partial charge < -0.3 is 7.10 Å². The van der Waals surface area contributed by atoms with Crippen LogP contribution in [0.4, 0.5) is 81.9 Å². The van der Waals surface area contributed by atoms with E-state index in [0.717, 1.165) is 0 Å². The van der Waals surface area contributed by atoms with Crippen LogP contribution in [0.1, 0.15) is 22.3 Å². The summed E-state index contributed by atoms with van der Waals surface area (Å²) in [6.45, 7) is 0. The van der Waals surface area contributed by atoms with Crippen LogP contribution < -0.4 is 11.0 Å². The second-order valence-corrected chi connectivity index (χ2v) is 15.2. The van der Waals surface area contributed by atoms with Gasteiger partial charge in [0.2, 0.25) is 0 Å². The third kappa shape index (κ3) is 4.14. The molecule has 4 aliphatic heterocycles. The summed E-state index contributed by atoms with van der Waals surface area (Å²) in [6, 6.07) is 0. The number of benzene rings is 4. The number of aliphatic imine (C=N–C) groups is 4. The van der Waals surface area contributed by atoms with Gasteiger partial charge in [0.05, 0.1) is 43.8 Å². The maximum Gasteiger partial charge on any atom is 0.722 e. The van der Waals surface area contributed by atoms with Crippen LogP contribution in [0.15, 0.2) is 30.0 Å². The smallest absolute Gasteiger partial charge is 0.370 e. The molecule has 290 valence electrons. The molecule has 4 aliphatic rings. The van der Waals surface area contributed by atoms with E-state index in [9.17, 15) is 17.6 Å². The zero-order valence-electron chi connectivity index (χ0n) is 26.6. The van der Waals surface area contributed by atoms with Crippen LogP contribution in [0.3, 0.4) is 0 Å². The van der Waals surface area contributed by atoms with Gasteiger partial charge in [0.25, 0.3) is 0 Å². The molecule has 26 heteroatoms. The van der Waals surface area contributed by atoms with Crippen molar-refractivity contribution in [3.05, 3.63) is 126 Å². The highest BCUT2D eigenvalue weighted by molar-refractivity contribution is 7.05. The first kappa shape index (κ1) is 36.3. The Hall–Kier alpha value is -6.06. The van der Waals surface area contributed by atoms with Gasteiger partial charge in [0.1, 0.15) is 22.6 Å². The first-order chi connectivity index (χ1) is 27.4. The zero-order chi connectivity index (χ0) is 41.4. The van der Waals surface area contributed by atoms with Crippen molar-refractivity contribution in [1.29, 1.82) is 0 Å². The Balaban J connectivity index is 1.57. The van der Waals surface area contributed by atoms with E-state index in [0.29, 0.717) is 0 Å². The first-order valence-corrected chi connectivity index (χ1v) is 18.1. The summed E-state index contributed by atoms with van der Waals surface area (Å²) in [7, 11) is 6.95. The van der Waals surface area contributed by atoms with E-state index >= 15 is 52.7 Å². The number of nitrogens with zero attached hydrogens (tertiary/aromatic N) is 8. The minimum Gasteiger partial charge on any atom is -0.370 e. The molecule has 0 saturated carbocycles. The lowest BCUT2D eigenvalue weighted by Gasteiger charge is -2.15. The number of amidine groups is 4. The number of hydrogen-bond donors (Lipinski definition) is 0. The lowest BCUT2D eigenvalue weighted by molar-refractivity contribution is 0.407. The van der Waals surface area contributed by atoms with Crippen LogP contribution in [0.5, 0.6) is 0 Å². The van der Waals surface area contributed by atoms with Crippen molar-refractivity contribution >= 4 is 80.2 Å². The predicted octanol–water partition coefficient (Wildman–Crippen LogP) is 7.39. The molecule has 6 heterocycles. The SMILES string of the molecule is Fc1c(F)c(F)c2c(c1F)C1=NC2=Nc2c3c(F)c(F)c(F)c(F)c3c3[n]2[Al]([Cl])[n]2c(c4c(F)c(F)c(F)c(F)c4c2=NC2=NC(=N3)c3c(F)c(F)c(F)c(F)c32)=N1. The van der Waals surface area contributed by atoms with E-state index in [2.05, 4.69) is 30.0 Å². The molecular formula is C32AlClF16N8. The van der Waals surface area contributed by atoms with Crippen LogP contribution in [0, 0.1) is 93.1 Å². The Morgan fingerprint density at radius 1 is 0.293 bits per heavy atom. The van der Waals surface area contributed by atoms with Crippen LogP contribution in [0.2, 0.25) is 0 Å². The van der Waals surface area contributed by atoms with E-state index in [-0.39, 0.29) is 7.10 Å². The normalized spacial score (nSPS) is 14.9. The van der Waals surface area contributed by atoms with E-state index in [4.69, 9.17) is 10.0 Å². The molecule has 4 aromatic carbocycles. The third-order valence-electron chi connectivity index (χ3n) is 9.47. The van der Waals surface area contributed by atoms with Crippen molar-refractivity contribution < 1.29 is 70.2 Å². The molecule has 0 atom stereocenters. The summed E-state index contributed by atoms with van der Waals surface area (Å²) >= 11 is -4.77. The van der Waals surface area contributed by atoms with Crippen molar-refractivity contribution in [3.63, 3.8) is 0 Å². The van der Waals surface area contributed by atoms with Gasteiger partial charge in [-0.25, -0.2) is 100 Å². The molecule has 6 bridgehead atoms. The predicted molar refractivity (Wildman–Crippen MR) is 166 cm³/mol. The van der Waals surface area contributed by atoms with Crippen LogP contribution >= 0.6 is 10.0 Å². The largest absolute Gasteiger partial charge is 0.722 e.